The molecule has 1 amide bonds. The van der Waals surface area contributed by atoms with Gasteiger partial charge in [-0.2, -0.15) is 0 Å². The molecule has 7 heteroatoms. The van der Waals surface area contributed by atoms with Crippen LogP contribution in [0.5, 0.6) is 17.2 Å². The highest BCUT2D eigenvalue weighted by Crippen LogP contribution is 2.30. The predicted molar refractivity (Wildman–Crippen MR) is 117 cm³/mol. The number of hydrogen-bond acceptors (Lipinski definition) is 6. The molecule has 2 aromatic rings. The first-order valence-electron chi connectivity index (χ1n) is 10.8. The fraction of sp³-hybridized carbons (Fsp3) is 0.458. The third-order valence-corrected chi connectivity index (χ3v) is 5.69. The van der Waals surface area contributed by atoms with Gasteiger partial charge in [0, 0.05) is 32.3 Å². The molecule has 166 valence electrons. The van der Waals surface area contributed by atoms with E-state index >= 15 is 0 Å². The lowest BCUT2D eigenvalue weighted by Crippen LogP contribution is -2.43. The van der Waals surface area contributed by atoms with Crippen LogP contribution in [0, 0.1) is 0 Å². The molecule has 4 rings (SSSR count). The van der Waals surface area contributed by atoms with Gasteiger partial charge in [-0.3, -0.25) is 9.69 Å². The number of nitrogens with one attached hydrogen (secondary N) is 1. The highest BCUT2D eigenvalue weighted by molar-refractivity contribution is 5.81. The van der Waals surface area contributed by atoms with Gasteiger partial charge < -0.3 is 24.3 Å². The van der Waals surface area contributed by atoms with Crippen molar-refractivity contribution in [2.45, 2.75) is 31.5 Å². The van der Waals surface area contributed by atoms with Gasteiger partial charge in [0.2, 0.25) is 6.10 Å². The van der Waals surface area contributed by atoms with Gasteiger partial charge in [0.15, 0.2) is 11.5 Å². The van der Waals surface area contributed by atoms with E-state index in [-0.39, 0.29) is 12.5 Å². The standard InChI is InChI=1S/C24H30N2O5/c1-26(19-9-12-28-13-10-19)11-14-29-20-6-4-5-18(15-20)16-25-24(27)23-17-30-21-7-2-3-8-22(21)31-23/h2-8,15,19,23H,9-14,16-17H2,1H3,(H,25,27). The van der Waals surface area contributed by atoms with E-state index in [9.17, 15) is 4.79 Å². The summed E-state index contributed by atoms with van der Waals surface area (Å²) >= 11 is 0. The number of nitrogens with zero attached hydrogens (tertiary/aromatic N) is 1. The maximum Gasteiger partial charge on any atom is 0.264 e. The molecule has 1 saturated heterocycles. The Morgan fingerprint density at radius 2 is 1.94 bits per heavy atom. The van der Waals surface area contributed by atoms with Crippen molar-refractivity contribution in [3.05, 3.63) is 54.1 Å². The smallest absolute Gasteiger partial charge is 0.264 e. The third kappa shape index (κ3) is 5.89. The minimum Gasteiger partial charge on any atom is -0.492 e. The second-order valence-corrected chi connectivity index (χ2v) is 7.90. The summed E-state index contributed by atoms with van der Waals surface area (Å²) < 4.78 is 22.7. The summed E-state index contributed by atoms with van der Waals surface area (Å²) in [4.78, 5) is 14.8. The van der Waals surface area contributed by atoms with Crippen LogP contribution in [0.1, 0.15) is 18.4 Å². The monoisotopic (exact) mass is 426 g/mol. The first kappa shape index (κ1) is 21.5. The maximum absolute atomic E-state index is 12.5. The number of benzene rings is 2. The quantitative estimate of drug-likeness (QED) is 0.700. The van der Waals surface area contributed by atoms with Crippen LogP contribution in [0.15, 0.2) is 48.5 Å². The summed E-state index contributed by atoms with van der Waals surface area (Å²) in [5.41, 5.74) is 0.973. The molecule has 1 fully saturated rings. The minimum atomic E-state index is -0.657. The second kappa shape index (κ2) is 10.5. The van der Waals surface area contributed by atoms with Crippen LogP contribution >= 0.6 is 0 Å². The fourth-order valence-electron chi connectivity index (χ4n) is 3.81. The first-order chi connectivity index (χ1) is 15.2. The van der Waals surface area contributed by atoms with Gasteiger partial charge in [0.1, 0.15) is 19.0 Å². The topological polar surface area (TPSA) is 69.3 Å². The molecule has 2 aliphatic rings. The molecule has 1 atom stereocenters. The Kier molecular flexibility index (Phi) is 7.27. The number of ether oxygens (including phenoxy) is 4. The summed E-state index contributed by atoms with van der Waals surface area (Å²) in [6.07, 6.45) is 1.50. The maximum atomic E-state index is 12.5. The van der Waals surface area contributed by atoms with Crippen LogP contribution < -0.4 is 19.5 Å². The lowest BCUT2D eigenvalue weighted by atomic mass is 10.1. The molecule has 0 radical (unpaired) electrons. The number of likely N-dealkylation sites (N-methyl/N-ethyl adjacent to an activating group) is 1. The first-order valence-corrected chi connectivity index (χ1v) is 10.8. The molecule has 31 heavy (non-hydrogen) atoms. The number of carbonyl (C=O) groups is 1. The summed E-state index contributed by atoms with van der Waals surface area (Å²) in [6.45, 7) is 3.77. The van der Waals surface area contributed by atoms with E-state index in [4.69, 9.17) is 18.9 Å². The van der Waals surface area contributed by atoms with Gasteiger partial charge in [0.05, 0.1) is 0 Å². The molecule has 0 aliphatic carbocycles. The van der Waals surface area contributed by atoms with Crippen molar-refractivity contribution in [2.75, 3.05) is 40.0 Å². The average molecular weight is 427 g/mol. The van der Waals surface area contributed by atoms with Gasteiger partial charge >= 0.3 is 0 Å². The number of hydrogen-bond donors (Lipinski definition) is 1. The minimum absolute atomic E-state index is 0.195. The summed E-state index contributed by atoms with van der Waals surface area (Å²) in [5.74, 6) is 1.87. The van der Waals surface area contributed by atoms with E-state index in [2.05, 4.69) is 17.3 Å². The normalized spacial score (nSPS) is 18.6. The molecule has 1 unspecified atom stereocenters. The zero-order valence-electron chi connectivity index (χ0n) is 17.9. The van der Waals surface area contributed by atoms with E-state index in [1.165, 1.54) is 0 Å². The lowest BCUT2D eigenvalue weighted by molar-refractivity contribution is -0.130. The van der Waals surface area contributed by atoms with Gasteiger partial charge in [-0.25, -0.2) is 0 Å². The number of rotatable bonds is 8. The highest BCUT2D eigenvalue weighted by Gasteiger charge is 2.27. The summed E-state index contributed by atoms with van der Waals surface area (Å²) in [5, 5.41) is 2.92. The molecule has 2 heterocycles. The van der Waals surface area contributed by atoms with Gasteiger partial charge in [-0.15, -0.1) is 0 Å². The Labute approximate surface area is 183 Å². The van der Waals surface area contributed by atoms with Crippen LogP contribution in [-0.4, -0.2) is 63.0 Å². The Morgan fingerprint density at radius 3 is 2.77 bits per heavy atom. The number of amides is 1. The summed E-state index contributed by atoms with van der Waals surface area (Å²) in [7, 11) is 2.14. The zero-order chi connectivity index (χ0) is 21.5. The molecule has 0 aromatic heterocycles. The molecule has 2 aliphatic heterocycles. The van der Waals surface area contributed by atoms with Crippen molar-refractivity contribution < 1.29 is 23.7 Å². The van der Waals surface area contributed by atoms with Gasteiger partial charge in [-0.1, -0.05) is 24.3 Å². The van der Waals surface area contributed by atoms with Crippen molar-refractivity contribution in [1.29, 1.82) is 0 Å². The Hall–Kier alpha value is -2.77. The molecule has 0 spiro atoms. The largest absolute Gasteiger partial charge is 0.492 e. The van der Waals surface area contributed by atoms with Crippen molar-refractivity contribution in [1.82, 2.24) is 10.2 Å². The van der Waals surface area contributed by atoms with Crippen molar-refractivity contribution in [2.24, 2.45) is 0 Å². The molecule has 0 saturated carbocycles. The predicted octanol–water partition coefficient (Wildman–Crippen LogP) is 2.63. The number of para-hydroxylation sites is 2. The number of fused-ring (bicyclic) bond motifs is 1. The number of carbonyl (C=O) groups excluding carboxylic acids is 1. The Bertz CT molecular complexity index is 869. The Morgan fingerprint density at radius 1 is 1.13 bits per heavy atom. The van der Waals surface area contributed by atoms with Crippen molar-refractivity contribution in [3.8, 4) is 17.2 Å². The molecule has 1 N–H and O–H groups in total. The average Bonchev–Trinajstić information content (AvgIpc) is 2.83. The SMILES string of the molecule is CN(CCOc1cccc(CNC(=O)C2COc3ccccc3O2)c1)C1CCOCC1. The van der Waals surface area contributed by atoms with E-state index < -0.39 is 6.10 Å². The highest BCUT2D eigenvalue weighted by atomic mass is 16.6. The van der Waals surface area contributed by atoms with Crippen molar-refractivity contribution >= 4 is 5.91 Å². The van der Waals surface area contributed by atoms with E-state index in [0.717, 1.165) is 43.9 Å². The van der Waals surface area contributed by atoms with Crippen LogP contribution in [0.2, 0.25) is 0 Å². The molecule has 0 bridgehead atoms. The van der Waals surface area contributed by atoms with Gasteiger partial charge in [0.25, 0.3) is 5.91 Å². The molecule has 7 nitrogen and oxygen atoms in total. The Balaban J connectivity index is 1.22. The van der Waals surface area contributed by atoms with Crippen LogP contribution in [0.4, 0.5) is 0 Å². The van der Waals surface area contributed by atoms with E-state index in [1.807, 2.05) is 42.5 Å². The van der Waals surface area contributed by atoms with Gasteiger partial charge in [-0.05, 0) is 49.7 Å². The van der Waals surface area contributed by atoms with E-state index in [1.54, 1.807) is 6.07 Å². The van der Waals surface area contributed by atoms with Crippen LogP contribution in [0.25, 0.3) is 0 Å². The second-order valence-electron chi connectivity index (χ2n) is 7.90. The van der Waals surface area contributed by atoms with Crippen molar-refractivity contribution in [3.63, 3.8) is 0 Å². The fourth-order valence-corrected chi connectivity index (χ4v) is 3.81. The summed E-state index contributed by atoms with van der Waals surface area (Å²) in [6, 6.07) is 15.7. The van der Waals surface area contributed by atoms with Crippen LogP contribution in [0.3, 0.4) is 0 Å². The molecule has 2 aromatic carbocycles. The van der Waals surface area contributed by atoms with Crippen LogP contribution in [-0.2, 0) is 16.1 Å². The van der Waals surface area contributed by atoms with E-state index in [0.29, 0.717) is 30.7 Å². The third-order valence-electron chi connectivity index (χ3n) is 5.69. The zero-order valence-corrected chi connectivity index (χ0v) is 17.9. The molecular weight excluding hydrogens is 396 g/mol. The lowest BCUT2D eigenvalue weighted by Gasteiger charge is -2.31. The molecular formula is C24H30N2O5.